The van der Waals surface area contributed by atoms with Crippen LogP contribution >= 0.6 is 0 Å². The Labute approximate surface area is 126 Å². The fourth-order valence-electron chi connectivity index (χ4n) is 3.85. The average Bonchev–Trinajstić information content (AvgIpc) is 2.96. The van der Waals surface area contributed by atoms with E-state index in [9.17, 15) is 4.79 Å². The second kappa shape index (κ2) is 5.76. The second-order valence-electron chi connectivity index (χ2n) is 6.58. The van der Waals surface area contributed by atoms with Gasteiger partial charge in [0.1, 0.15) is 0 Å². The number of fused-ring (bicyclic) bond motifs is 1. The van der Waals surface area contributed by atoms with Crippen molar-refractivity contribution in [1.82, 2.24) is 10.2 Å². The summed E-state index contributed by atoms with van der Waals surface area (Å²) in [6.07, 6.45) is 12.9. The molecule has 0 aromatic rings. The molecular formula is C16H24N4O. The molecule has 0 unspecified atom stereocenters. The van der Waals surface area contributed by atoms with Crippen LogP contribution in [-0.2, 0) is 4.79 Å². The molecule has 0 saturated carbocycles. The van der Waals surface area contributed by atoms with E-state index in [1.807, 2.05) is 0 Å². The van der Waals surface area contributed by atoms with E-state index in [1.165, 1.54) is 38.8 Å². The van der Waals surface area contributed by atoms with Crippen LogP contribution in [0.3, 0.4) is 0 Å². The first-order chi connectivity index (χ1) is 10.2. The van der Waals surface area contributed by atoms with E-state index in [0.29, 0.717) is 19.3 Å². The number of hydrogen-bond donors (Lipinski definition) is 1. The zero-order valence-corrected chi connectivity index (χ0v) is 12.6. The molecule has 1 amide bonds. The summed E-state index contributed by atoms with van der Waals surface area (Å²) in [5, 5.41) is 11.3. The maximum Gasteiger partial charge on any atom is 0.220 e. The van der Waals surface area contributed by atoms with Gasteiger partial charge < -0.3 is 5.32 Å². The first kappa shape index (κ1) is 14.5. The van der Waals surface area contributed by atoms with E-state index in [0.717, 1.165) is 13.0 Å². The molecule has 0 aromatic heterocycles. The second-order valence-corrected chi connectivity index (χ2v) is 6.58. The maximum atomic E-state index is 12.1. The Morgan fingerprint density at radius 1 is 1.24 bits per heavy atom. The van der Waals surface area contributed by atoms with Crippen molar-refractivity contribution in [2.24, 2.45) is 10.2 Å². The Kier molecular flexibility index (Phi) is 3.99. The van der Waals surface area contributed by atoms with Crippen molar-refractivity contribution in [2.45, 2.75) is 62.6 Å². The Balaban J connectivity index is 1.40. The summed E-state index contributed by atoms with van der Waals surface area (Å²) in [5.74, 6) is 2.74. The molecule has 3 aliphatic heterocycles. The molecule has 114 valence electrons. The number of carbonyl (C=O) groups is 1. The molecule has 0 bridgehead atoms. The lowest BCUT2D eigenvalue weighted by Crippen LogP contribution is -2.48. The van der Waals surface area contributed by atoms with E-state index in [2.05, 4.69) is 26.4 Å². The summed E-state index contributed by atoms with van der Waals surface area (Å²) in [7, 11) is 0. The van der Waals surface area contributed by atoms with Gasteiger partial charge in [-0.2, -0.15) is 10.2 Å². The highest BCUT2D eigenvalue weighted by atomic mass is 16.1. The summed E-state index contributed by atoms with van der Waals surface area (Å²) in [6, 6.07) is 0. The van der Waals surface area contributed by atoms with Crippen molar-refractivity contribution < 1.29 is 4.79 Å². The largest absolute Gasteiger partial charge is 0.354 e. The Morgan fingerprint density at radius 2 is 1.95 bits per heavy atom. The highest BCUT2D eigenvalue weighted by Crippen LogP contribution is 2.39. The molecule has 1 N–H and O–H groups in total. The average molecular weight is 288 g/mol. The van der Waals surface area contributed by atoms with Gasteiger partial charge in [-0.05, 0) is 38.8 Å². The predicted molar refractivity (Wildman–Crippen MR) is 80.7 cm³/mol. The van der Waals surface area contributed by atoms with Crippen molar-refractivity contribution in [1.29, 1.82) is 0 Å². The lowest BCUT2D eigenvalue weighted by molar-refractivity contribution is -0.121. The number of nitrogens with one attached hydrogen (secondary N) is 1. The third-order valence-corrected chi connectivity index (χ3v) is 5.23. The minimum Gasteiger partial charge on any atom is -0.354 e. The standard InChI is InChI=1S/C16H24N4O/c1-2-3-9-16(18-19-16)10-6-14(21)17-13-15-7-4-11-20(15)12-5-8-15/h1H,3-13H2,(H,17,21). The highest BCUT2D eigenvalue weighted by Gasteiger charge is 2.44. The minimum absolute atomic E-state index is 0.125. The van der Waals surface area contributed by atoms with Crippen LogP contribution in [-0.4, -0.2) is 41.6 Å². The van der Waals surface area contributed by atoms with E-state index >= 15 is 0 Å². The van der Waals surface area contributed by atoms with Crippen molar-refractivity contribution in [3.05, 3.63) is 0 Å². The first-order valence-electron chi connectivity index (χ1n) is 8.07. The van der Waals surface area contributed by atoms with E-state index in [-0.39, 0.29) is 17.1 Å². The smallest absolute Gasteiger partial charge is 0.220 e. The van der Waals surface area contributed by atoms with Gasteiger partial charge in [0.2, 0.25) is 5.91 Å². The highest BCUT2D eigenvalue weighted by molar-refractivity contribution is 5.76. The first-order valence-corrected chi connectivity index (χ1v) is 8.07. The number of carbonyl (C=O) groups excluding carboxylic acids is 1. The zero-order valence-electron chi connectivity index (χ0n) is 12.6. The quantitative estimate of drug-likeness (QED) is 0.729. The Hall–Kier alpha value is -1.41. The van der Waals surface area contributed by atoms with Gasteiger partial charge in [-0.25, -0.2) is 0 Å². The lowest BCUT2D eigenvalue weighted by Gasteiger charge is -2.32. The molecule has 0 aromatic carbocycles. The van der Waals surface area contributed by atoms with Gasteiger partial charge >= 0.3 is 0 Å². The molecule has 3 rings (SSSR count). The molecule has 2 fully saturated rings. The summed E-state index contributed by atoms with van der Waals surface area (Å²) >= 11 is 0. The summed E-state index contributed by atoms with van der Waals surface area (Å²) in [6.45, 7) is 3.20. The van der Waals surface area contributed by atoms with E-state index in [1.54, 1.807) is 0 Å². The van der Waals surface area contributed by atoms with Gasteiger partial charge in [-0.1, -0.05) is 0 Å². The van der Waals surface area contributed by atoms with Gasteiger partial charge in [0, 0.05) is 37.8 Å². The number of nitrogens with zero attached hydrogens (tertiary/aromatic N) is 3. The molecule has 0 spiro atoms. The van der Waals surface area contributed by atoms with Crippen molar-refractivity contribution >= 4 is 5.91 Å². The molecular weight excluding hydrogens is 264 g/mol. The molecule has 3 heterocycles. The normalized spacial score (nSPS) is 24.5. The summed E-state index contributed by atoms with van der Waals surface area (Å²) < 4.78 is 0. The van der Waals surface area contributed by atoms with Gasteiger partial charge in [-0.15, -0.1) is 12.3 Å². The minimum atomic E-state index is -0.339. The molecule has 21 heavy (non-hydrogen) atoms. The van der Waals surface area contributed by atoms with Crippen LogP contribution in [0.15, 0.2) is 10.2 Å². The number of terminal acetylenes is 1. The van der Waals surface area contributed by atoms with Gasteiger partial charge in [0.05, 0.1) is 0 Å². The van der Waals surface area contributed by atoms with Crippen LogP contribution in [0.4, 0.5) is 0 Å². The Morgan fingerprint density at radius 3 is 2.57 bits per heavy atom. The van der Waals surface area contributed by atoms with Crippen LogP contribution in [0.25, 0.3) is 0 Å². The van der Waals surface area contributed by atoms with Gasteiger partial charge in [0.25, 0.3) is 0 Å². The molecule has 0 atom stereocenters. The SMILES string of the molecule is C#CCCC1(CCC(=O)NCC23CCCN2CCC3)N=N1. The zero-order chi connectivity index (χ0) is 14.8. The molecule has 2 saturated heterocycles. The van der Waals surface area contributed by atoms with Crippen LogP contribution in [0, 0.1) is 12.3 Å². The number of hydrogen-bond acceptors (Lipinski definition) is 4. The van der Waals surface area contributed by atoms with Crippen molar-refractivity contribution in [3.8, 4) is 12.3 Å². The van der Waals surface area contributed by atoms with Crippen LogP contribution in [0.2, 0.25) is 0 Å². The monoisotopic (exact) mass is 288 g/mol. The Bertz CT molecular complexity index is 463. The van der Waals surface area contributed by atoms with E-state index < -0.39 is 0 Å². The molecule has 0 radical (unpaired) electrons. The van der Waals surface area contributed by atoms with Crippen molar-refractivity contribution in [2.75, 3.05) is 19.6 Å². The summed E-state index contributed by atoms with van der Waals surface area (Å²) in [4.78, 5) is 14.6. The molecule has 0 aliphatic carbocycles. The third-order valence-electron chi connectivity index (χ3n) is 5.23. The van der Waals surface area contributed by atoms with E-state index in [4.69, 9.17) is 6.42 Å². The molecule has 5 heteroatoms. The lowest BCUT2D eigenvalue weighted by atomic mass is 9.94. The molecule has 5 nitrogen and oxygen atoms in total. The van der Waals surface area contributed by atoms with Crippen molar-refractivity contribution in [3.63, 3.8) is 0 Å². The maximum absolute atomic E-state index is 12.1. The fraction of sp³-hybridized carbons (Fsp3) is 0.812. The predicted octanol–water partition coefficient (Wildman–Crippen LogP) is 2.09. The number of rotatable bonds is 7. The van der Waals surface area contributed by atoms with Crippen LogP contribution in [0.1, 0.15) is 51.4 Å². The third kappa shape index (κ3) is 3.11. The van der Waals surface area contributed by atoms with Gasteiger partial charge in [-0.3, -0.25) is 9.69 Å². The van der Waals surface area contributed by atoms with Gasteiger partial charge in [0.15, 0.2) is 5.66 Å². The molecule has 3 aliphatic rings. The number of amides is 1. The summed E-state index contributed by atoms with van der Waals surface area (Å²) in [5.41, 5.74) is -0.0834. The fourth-order valence-corrected chi connectivity index (χ4v) is 3.85. The topological polar surface area (TPSA) is 57.1 Å². The van der Waals surface area contributed by atoms with Crippen LogP contribution in [0.5, 0.6) is 0 Å². The van der Waals surface area contributed by atoms with Crippen LogP contribution < -0.4 is 5.32 Å².